The molecule has 1 aromatic carbocycles. The molecule has 1 saturated heterocycles. The van der Waals surface area contributed by atoms with E-state index in [2.05, 4.69) is 20.3 Å². The van der Waals surface area contributed by atoms with E-state index in [4.69, 9.17) is 5.73 Å². The van der Waals surface area contributed by atoms with E-state index in [9.17, 15) is 9.65 Å². The first-order valence-corrected chi connectivity index (χ1v) is 10.4. The number of anilines is 2. The van der Waals surface area contributed by atoms with Gasteiger partial charge in [0.2, 0.25) is 0 Å². The van der Waals surface area contributed by atoms with Crippen molar-refractivity contribution in [3.05, 3.63) is 47.9 Å². The number of alkyl halides is 1. The lowest BCUT2D eigenvalue weighted by Gasteiger charge is -2.24. The molecule has 168 valence electrons. The van der Waals surface area contributed by atoms with Crippen LogP contribution in [0.25, 0.3) is 33.1 Å². The number of aromatic amines is 1. The maximum absolute atomic E-state index is 15.2. The smallest absolute Gasteiger partial charge is 0.169 e. The SMILES string of the molecule is CNc1cc(F)c(F)c2c1[nH]c1ncc(-c3cncc(C#N)c3)c(N3CCC(F)(CN)C3)c12. The zero-order valence-corrected chi connectivity index (χ0v) is 17.7. The van der Waals surface area contributed by atoms with Crippen molar-refractivity contribution in [2.75, 3.05) is 36.9 Å². The molecule has 3 aromatic heterocycles. The van der Waals surface area contributed by atoms with Crippen LogP contribution in [0.5, 0.6) is 0 Å². The Labute approximate surface area is 187 Å². The largest absolute Gasteiger partial charge is 0.386 e. The second-order valence-electron chi connectivity index (χ2n) is 8.19. The number of rotatable bonds is 4. The van der Waals surface area contributed by atoms with Gasteiger partial charge in [-0.25, -0.2) is 18.2 Å². The third kappa shape index (κ3) is 3.24. The number of hydrogen-bond acceptors (Lipinski definition) is 6. The number of pyridine rings is 2. The molecule has 4 N–H and O–H groups in total. The average Bonchev–Trinajstić information content (AvgIpc) is 3.42. The summed E-state index contributed by atoms with van der Waals surface area (Å²) in [5, 5.41) is 12.5. The van der Waals surface area contributed by atoms with Crippen molar-refractivity contribution in [1.29, 1.82) is 5.26 Å². The molecule has 1 aliphatic heterocycles. The van der Waals surface area contributed by atoms with Crippen LogP contribution in [0, 0.1) is 23.0 Å². The third-order valence-corrected chi connectivity index (χ3v) is 6.20. The second kappa shape index (κ2) is 7.64. The predicted molar refractivity (Wildman–Crippen MR) is 121 cm³/mol. The molecule has 1 unspecified atom stereocenters. The average molecular weight is 451 g/mol. The van der Waals surface area contributed by atoms with Crippen molar-refractivity contribution in [2.24, 2.45) is 5.73 Å². The number of nitrogens with one attached hydrogen (secondary N) is 2. The third-order valence-electron chi connectivity index (χ3n) is 6.20. The van der Waals surface area contributed by atoms with E-state index in [0.29, 0.717) is 51.2 Å². The first kappa shape index (κ1) is 21.0. The lowest BCUT2D eigenvalue weighted by molar-refractivity contribution is 0.204. The molecule has 0 spiro atoms. The summed E-state index contributed by atoms with van der Waals surface area (Å²) in [5.74, 6) is -2.04. The number of nitrogens with zero attached hydrogens (tertiary/aromatic N) is 4. The summed E-state index contributed by atoms with van der Waals surface area (Å²) in [6.07, 6.45) is 4.75. The van der Waals surface area contributed by atoms with Crippen molar-refractivity contribution >= 4 is 33.3 Å². The summed E-state index contributed by atoms with van der Waals surface area (Å²) in [4.78, 5) is 13.4. The number of nitrogens with two attached hydrogens (primary N) is 1. The van der Waals surface area contributed by atoms with Gasteiger partial charge in [-0.15, -0.1) is 0 Å². The highest BCUT2D eigenvalue weighted by atomic mass is 19.2. The minimum atomic E-state index is -1.61. The molecule has 4 heterocycles. The van der Waals surface area contributed by atoms with Crippen LogP contribution in [0.3, 0.4) is 0 Å². The van der Waals surface area contributed by atoms with Crippen molar-refractivity contribution < 1.29 is 13.2 Å². The van der Waals surface area contributed by atoms with Crippen LogP contribution in [-0.2, 0) is 0 Å². The van der Waals surface area contributed by atoms with Crippen LogP contribution < -0.4 is 16.0 Å². The molecule has 10 heteroatoms. The van der Waals surface area contributed by atoms with Gasteiger partial charge in [-0.3, -0.25) is 4.98 Å². The lowest BCUT2D eigenvalue weighted by Crippen LogP contribution is -2.36. The topological polar surface area (TPSA) is 107 Å². The molecule has 33 heavy (non-hydrogen) atoms. The molecule has 0 amide bonds. The van der Waals surface area contributed by atoms with Gasteiger partial charge in [0.25, 0.3) is 0 Å². The number of aromatic nitrogens is 3. The Bertz CT molecular complexity index is 1440. The van der Waals surface area contributed by atoms with Crippen molar-refractivity contribution in [3.63, 3.8) is 0 Å². The maximum atomic E-state index is 15.2. The van der Waals surface area contributed by atoms with Crippen molar-refractivity contribution in [3.8, 4) is 17.2 Å². The van der Waals surface area contributed by atoms with E-state index in [0.717, 1.165) is 6.07 Å². The van der Waals surface area contributed by atoms with Crippen LogP contribution in [0.15, 0.2) is 30.7 Å². The second-order valence-corrected chi connectivity index (χ2v) is 8.19. The Morgan fingerprint density at radius 3 is 2.79 bits per heavy atom. The molecule has 0 bridgehead atoms. The highest BCUT2D eigenvalue weighted by Crippen LogP contribution is 2.45. The normalized spacial score (nSPS) is 18.2. The molecule has 1 atom stereocenters. The fourth-order valence-corrected chi connectivity index (χ4v) is 4.52. The van der Waals surface area contributed by atoms with Gasteiger partial charge in [0.05, 0.1) is 39.8 Å². The number of hydrogen-bond donors (Lipinski definition) is 3. The standard InChI is InChI=1S/C23H20F3N7/c1-29-16-5-15(24)19(25)17-18-21(33-3-2-23(26,10-28)11-33)14(9-31-22(18)32-20(16)17)13-4-12(6-27)7-30-8-13/h4-5,7-9,29H,2-3,10-11,28H2,1H3,(H,31,32). The van der Waals surface area contributed by atoms with Crippen molar-refractivity contribution in [1.82, 2.24) is 15.0 Å². The van der Waals surface area contributed by atoms with Crippen LogP contribution in [0.2, 0.25) is 0 Å². The van der Waals surface area contributed by atoms with Gasteiger partial charge in [0.15, 0.2) is 11.6 Å². The molecule has 4 aromatic rings. The summed E-state index contributed by atoms with van der Waals surface area (Å²) in [6, 6.07) is 4.75. The molecule has 1 aliphatic rings. The van der Waals surface area contributed by atoms with Gasteiger partial charge < -0.3 is 20.9 Å². The van der Waals surface area contributed by atoms with Crippen molar-refractivity contribution in [2.45, 2.75) is 12.1 Å². The monoisotopic (exact) mass is 451 g/mol. The summed E-state index contributed by atoms with van der Waals surface area (Å²) in [7, 11) is 1.61. The van der Waals surface area contributed by atoms with Gasteiger partial charge in [0, 0.05) is 62.3 Å². The maximum Gasteiger partial charge on any atom is 0.169 e. The van der Waals surface area contributed by atoms with E-state index in [1.54, 1.807) is 30.4 Å². The summed E-state index contributed by atoms with van der Waals surface area (Å²) in [6.45, 7) is 0.163. The zero-order chi connectivity index (χ0) is 23.3. The predicted octanol–water partition coefficient (Wildman–Crippen LogP) is 3.85. The van der Waals surface area contributed by atoms with Gasteiger partial charge in [-0.1, -0.05) is 0 Å². The molecule has 0 aliphatic carbocycles. The molecule has 0 radical (unpaired) electrons. The Morgan fingerprint density at radius 2 is 2.09 bits per heavy atom. The first-order valence-electron chi connectivity index (χ1n) is 10.4. The minimum Gasteiger partial charge on any atom is -0.386 e. The number of nitriles is 1. The molecule has 7 nitrogen and oxygen atoms in total. The molecular weight excluding hydrogens is 431 g/mol. The molecule has 5 rings (SSSR count). The van der Waals surface area contributed by atoms with Crippen LogP contribution >= 0.6 is 0 Å². The van der Waals surface area contributed by atoms with Gasteiger partial charge >= 0.3 is 0 Å². The Morgan fingerprint density at radius 1 is 1.27 bits per heavy atom. The van der Waals surface area contributed by atoms with Gasteiger partial charge in [-0.05, 0) is 6.07 Å². The van der Waals surface area contributed by atoms with E-state index < -0.39 is 17.3 Å². The van der Waals surface area contributed by atoms with E-state index in [1.165, 1.54) is 6.20 Å². The summed E-state index contributed by atoms with van der Waals surface area (Å²) < 4.78 is 44.9. The fraction of sp³-hybridized carbons (Fsp3) is 0.261. The quantitative estimate of drug-likeness (QED) is 0.435. The van der Waals surface area contributed by atoms with Crippen LogP contribution in [-0.4, -0.2) is 47.3 Å². The molecule has 0 saturated carbocycles. The summed E-state index contributed by atoms with van der Waals surface area (Å²) in [5.41, 5.74) is 7.03. The number of fused-ring (bicyclic) bond motifs is 3. The lowest BCUT2D eigenvalue weighted by atomic mass is 10.0. The zero-order valence-electron chi connectivity index (χ0n) is 17.7. The highest BCUT2D eigenvalue weighted by molar-refractivity contribution is 6.18. The number of benzene rings is 1. The Hall–Kier alpha value is -3.84. The van der Waals surface area contributed by atoms with E-state index in [-0.39, 0.29) is 24.9 Å². The number of halogens is 3. The van der Waals surface area contributed by atoms with Gasteiger partial charge in [-0.2, -0.15) is 5.26 Å². The van der Waals surface area contributed by atoms with Crippen LogP contribution in [0.1, 0.15) is 12.0 Å². The Kier molecular flexibility index (Phi) is 4.87. The fourth-order valence-electron chi connectivity index (χ4n) is 4.52. The van der Waals surface area contributed by atoms with E-state index in [1.807, 2.05) is 6.07 Å². The molecular formula is C23H20F3N7. The molecule has 1 fully saturated rings. The number of H-pyrrole nitrogens is 1. The summed E-state index contributed by atoms with van der Waals surface area (Å²) >= 11 is 0. The first-order chi connectivity index (χ1) is 15.9. The minimum absolute atomic E-state index is 0.0104. The highest BCUT2D eigenvalue weighted by Gasteiger charge is 2.39. The Balaban J connectivity index is 1.89. The van der Waals surface area contributed by atoms with Crippen LogP contribution in [0.4, 0.5) is 24.5 Å². The van der Waals surface area contributed by atoms with Gasteiger partial charge in [0.1, 0.15) is 17.4 Å². The van der Waals surface area contributed by atoms with E-state index >= 15 is 8.78 Å².